The number of alkyl halides is 3. The molecule has 2 aromatic heterocycles. The summed E-state index contributed by atoms with van der Waals surface area (Å²) in [6, 6.07) is 9.12. The van der Waals surface area contributed by atoms with Crippen LogP contribution in [0.4, 0.5) is 13.2 Å². The van der Waals surface area contributed by atoms with Crippen LogP contribution in [0.5, 0.6) is 0 Å². The summed E-state index contributed by atoms with van der Waals surface area (Å²) >= 11 is 1.54. The minimum Gasteiger partial charge on any atom is -0.337 e. The average molecular weight is 504 g/mol. The van der Waals surface area contributed by atoms with Crippen LogP contribution in [0, 0.1) is 11.8 Å². The van der Waals surface area contributed by atoms with Crippen LogP contribution in [0.1, 0.15) is 11.3 Å². The quantitative estimate of drug-likeness (QED) is 0.578. The Bertz CT molecular complexity index is 1190. The van der Waals surface area contributed by atoms with Gasteiger partial charge < -0.3 is 11.2 Å². The largest absolute Gasteiger partial charge is 0.392 e. The third-order valence-electron chi connectivity index (χ3n) is 5.78. The maximum Gasteiger partial charge on any atom is 0.392 e. The summed E-state index contributed by atoms with van der Waals surface area (Å²) < 4.78 is 62.4. The van der Waals surface area contributed by atoms with Gasteiger partial charge in [-0.15, -0.1) is 11.3 Å². The fraction of sp³-hybridized carbons (Fsp3) is 0.500. The van der Waals surface area contributed by atoms with E-state index in [9.17, 15) is 26.4 Å². The summed E-state index contributed by atoms with van der Waals surface area (Å²) in [6.45, 7) is 1.50. The van der Waals surface area contributed by atoms with Gasteiger partial charge in [0.25, 0.3) is 0 Å². The fourth-order valence-electron chi connectivity index (χ4n) is 3.74. The molecule has 0 spiro atoms. The topological polar surface area (TPSA) is 110 Å². The number of carbonyl (C=O) groups excluding carboxylic acids is 1. The van der Waals surface area contributed by atoms with Gasteiger partial charge in [-0.2, -0.15) is 13.2 Å². The second-order valence-electron chi connectivity index (χ2n) is 8.18. The normalized spacial score (nSPS) is 23.4. The van der Waals surface area contributed by atoms with Crippen LogP contribution >= 0.6 is 11.3 Å². The van der Waals surface area contributed by atoms with E-state index >= 15 is 0 Å². The number of pyridine rings is 1. The Morgan fingerprint density at radius 2 is 1.94 bits per heavy atom. The number of hydrogen-bond donors (Lipinski definition) is 2. The summed E-state index contributed by atoms with van der Waals surface area (Å²) in [5.41, 5.74) is 1.06. The molecule has 2 aromatic rings. The molecule has 1 amide bonds. The van der Waals surface area contributed by atoms with Crippen LogP contribution in [0.25, 0.3) is 10.6 Å². The first-order chi connectivity index (χ1) is 15.5. The van der Waals surface area contributed by atoms with Crippen molar-refractivity contribution in [1.29, 1.82) is 0 Å². The van der Waals surface area contributed by atoms with Gasteiger partial charge in [-0.05, 0) is 30.7 Å². The number of hydrogen-bond acceptors (Lipinski definition) is 7. The number of sulfone groups is 1. The molecule has 4 rings (SSSR count). The van der Waals surface area contributed by atoms with E-state index in [0.29, 0.717) is 30.8 Å². The average Bonchev–Trinajstić information content (AvgIpc) is 3.45. The number of nitrogen functional groups attached to an aromatic ring is 1. The molecule has 2 fully saturated rings. The number of nitrogens with two attached hydrogens (primary N) is 1. The number of nitrogens with one attached hydrogen (secondary N) is 1. The zero-order valence-corrected chi connectivity index (χ0v) is 19.2. The molecule has 0 unspecified atom stereocenters. The highest BCUT2D eigenvalue weighted by Gasteiger charge is 2.58. The third kappa shape index (κ3) is 5.76. The lowest BCUT2D eigenvalue weighted by Crippen LogP contribution is -2.39. The highest BCUT2D eigenvalue weighted by molar-refractivity contribution is 7.91. The predicted molar refractivity (Wildman–Crippen MR) is 118 cm³/mol. The number of amides is 1. The number of carbonyl (C=O) groups is 1. The van der Waals surface area contributed by atoms with Crippen LogP contribution < -0.4 is 16.6 Å². The lowest BCUT2D eigenvalue weighted by atomic mass is 10.3. The first kappa shape index (κ1) is 23.8. The van der Waals surface area contributed by atoms with Gasteiger partial charge in [0.05, 0.1) is 33.9 Å². The molecule has 33 heavy (non-hydrogen) atoms. The van der Waals surface area contributed by atoms with Crippen molar-refractivity contribution in [3.63, 3.8) is 0 Å². The number of aromatic nitrogens is 1. The number of nitrogens with zero attached hydrogens (tertiary/aromatic N) is 3. The lowest BCUT2D eigenvalue weighted by Gasteiger charge is -2.25. The molecule has 1 aliphatic heterocycles. The smallest absolute Gasteiger partial charge is 0.337 e. The summed E-state index contributed by atoms with van der Waals surface area (Å²) in [5.74, 6) is 3.28. The highest BCUT2D eigenvalue weighted by Crippen LogP contribution is 2.50. The van der Waals surface area contributed by atoms with Crippen LogP contribution in [-0.4, -0.2) is 61.3 Å². The SMILES string of the molecule is Nn1c(-c2ccc(CN3CCS(=O)(=O)CC3)s2)ccc/c1=N/CNC(=O)[C@H]1C[C@H]1C(F)(F)F. The van der Waals surface area contributed by atoms with E-state index in [1.807, 2.05) is 18.2 Å². The van der Waals surface area contributed by atoms with Gasteiger partial charge in [0, 0.05) is 24.5 Å². The molecule has 8 nitrogen and oxygen atoms in total. The zero-order chi connectivity index (χ0) is 23.8. The molecule has 1 saturated heterocycles. The van der Waals surface area contributed by atoms with Gasteiger partial charge in [0.1, 0.15) is 12.2 Å². The Hall–Kier alpha value is -2.38. The van der Waals surface area contributed by atoms with Crippen molar-refractivity contribution in [2.24, 2.45) is 16.8 Å². The van der Waals surface area contributed by atoms with Gasteiger partial charge in [0.2, 0.25) is 5.91 Å². The van der Waals surface area contributed by atoms with Gasteiger partial charge in [0.15, 0.2) is 9.84 Å². The molecule has 0 aromatic carbocycles. The van der Waals surface area contributed by atoms with Crippen molar-refractivity contribution in [2.45, 2.75) is 19.1 Å². The molecular weight excluding hydrogens is 479 g/mol. The second-order valence-corrected chi connectivity index (χ2v) is 11.7. The number of halogens is 3. The molecule has 2 atom stereocenters. The summed E-state index contributed by atoms with van der Waals surface area (Å²) in [4.78, 5) is 20.2. The minimum absolute atomic E-state index is 0.172. The molecule has 180 valence electrons. The highest BCUT2D eigenvalue weighted by atomic mass is 32.2. The molecular formula is C20H24F3N5O3S2. The maximum atomic E-state index is 12.6. The van der Waals surface area contributed by atoms with Crippen molar-refractivity contribution in [1.82, 2.24) is 14.9 Å². The number of rotatable bonds is 6. The molecule has 3 N–H and O–H groups in total. The van der Waals surface area contributed by atoms with Crippen molar-refractivity contribution in [2.75, 3.05) is 37.1 Å². The Labute approximate surface area is 192 Å². The Balaban J connectivity index is 1.39. The van der Waals surface area contributed by atoms with Crippen LogP contribution in [0.3, 0.4) is 0 Å². The van der Waals surface area contributed by atoms with Crippen LogP contribution in [0.15, 0.2) is 35.3 Å². The van der Waals surface area contributed by atoms with Crippen LogP contribution in [-0.2, 0) is 21.2 Å². The third-order valence-corrected chi connectivity index (χ3v) is 8.48. The minimum atomic E-state index is -4.35. The van der Waals surface area contributed by atoms with E-state index in [2.05, 4.69) is 15.2 Å². The maximum absolute atomic E-state index is 12.6. The molecule has 13 heteroatoms. The lowest BCUT2D eigenvalue weighted by molar-refractivity contribution is -0.154. The van der Waals surface area contributed by atoms with Crippen molar-refractivity contribution in [3.8, 4) is 10.6 Å². The number of thiophene rings is 1. The van der Waals surface area contributed by atoms with Crippen molar-refractivity contribution in [3.05, 3.63) is 40.7 Å². The molecule has 3 heterocycles. The zero-order valence-electron chi connectivity index (χ0n) is 17.6. The van der Waals surface area contributed by atoms with E-state index in [0.717, 1.165) is 9.75 Å². The monoisotopic (exact) mass is 503 g/mol. The Morgan fingerprint density at radius 1 is 1.21 bits per heavy atom. The first-order valence-corrected chi connectivity index (χ1v) is 13.0. The standard InChI is InChI=1S/C20H24F3N5O3S2/c21-20(22,23)15-10-14(15)19(29)26-12-25-18-3-1-2-16(28(18)24)17-5-4-13(32-17)11-27-6-8-33(30,31)9-7-27/h1-5,14-15H,6-12,24H2,(H,26,29)/b25-18-/t14-,15+/m0/s1. The van der Waals surface area contributed by atoms with E-state index < -0.39 is 33.8 Å². The van der Waals surface area contributed by atoms with Gasteiger partial charge >= 0.3 is 6.18 Å². The van der Waals surface area contributed by atoms with Gasteiger partial charge in [-0.25, -0.2) is 18.1 Å². The second kappa shape index (κ2) is 9.11. The van der Waals surface area contributed by atoms with E-state index in [-0.39, 0.29) is 24.6 Å². The van der Waals surface area contributed by atoms with Gasteiger partial charge in [-0.3, -0.25) is 9.69 Å². The molecule has 1 saturated carbocycles. The summed E-state index contributed by atoms with van der Waals surface area (Å²) in [6.07, 6.45) is -4.53. The van der Waals surface area contributed by atoms with Crippen molar-refractivity contribution < 1.29 is 26.4 Å². The van der Waals surface area contributed by atoms with Gasteiger partial charge in [-0.1, -0.05) is 6.07 Å². The molecule has 2 aliphatic rings. The van der Waals surface area contributed by atoms with Crippen molar-refractivity contribution >= 4 is 27.1 Å². The Kier molecular flexibility index (Phi) is 6.56. The van der Waals surface area contributed by atoms with E-state index in [4.69, 9.17) is 5.84 Å². The Morgan fingerprint density at radius 3 is 2.61 bits per heavy atom. The fourth-order valence-corrected chi connectivity index (χ4v) is 6.09. The molecule has 1 aliphatic carbocycles. The first-order valence-electron chi connectivity index (χ1n) is 10.4. The summed E-state index contributed by atoms with van der Waals surface area (Å²) in [7, 11) is -2.92. The van der Waals surface area contributed by atoms with Crippen LogP contribution in [0.2, 0.25) is 0 Å². The predicted octanol–water partition coefficient (Wildman–Crippen LogP) is 1.33. The van der Waals surface area contributed by atoms with E-state index in [1.54, 1.807) is 12.1 Å². The molecule has 0 bridgehead atoms. The summed E-state index contributed by atoms with van der Waals surface area (Å²) in [5, 5.41) is 2.42. The molecule has 0 radical (unpaired) electrons. The van der Waals surface area contributed by atoms with E-state index in [1.165, 1.54) is 16.0 Å².